The summed E-state index contributed by atoms with van der Waals surface area (Å²) in [4.78, 5) is 37.1. The smallest absolute Gasteiger partial charge is 0.320 e. The van der Waals surface area contributed by atoms with Crippen LogP contribution in [0.2, 0.25) is 0 Å². The van der Waals surface area contributed by atoms with E-state index >= 15 is 0 Å². The summed E-state index contributed by atoms with van der Waals surface area (Å²) in [6.07, 6.45) is 2.98. The second-order valence-corrected chi connectivity index (χ2v) is 6.94. The summed E-state index contributed by atoms with van der Waals surface area (Å²) in [6, 6.07) is 13.4. The molecule has 6 nitrogen and oxygen atoms in total. The molecule has 0 atom stereocenters. The number of aromatic nitrogens is 2. The number of nitrogens with one attached hydrogen (secondary N) is 1. The average Bonchev–Trinajstić information content (AvgIpc) is 2.67. The molecule has 1 aromatic heterocycles. The first-order chi connectivity index (χ1) is 13.3. The molecule has 0 radical (unpaired) electrons. The first-order valence-corrected chi connectivity index (χ1v) is 9.07. The molecule has 0 saturated heterocycles. The topological polar surface area (TPSA) is 73.1 Å². The van der Waals surface area contributed by atoms with Gasteiger partial charge in [0.1, 0.15) is 6.54 Å². The molecule has 0 aliphatic rings. The molecule has 0 aliphatic heterocycles. The van der Waals surface area contributed by atoms with Gasteiger partial charge in [-0.15, -0.1) is 0 Å². The summed E-state index contributed by atoms with van der Waals surface area (Å²) in [5.41, 5.74) is 3.46. The SMILES string of the molecule is Cc1ccc(CNC(=O)Cn2ccn(-c3ccc(C)c(C)c3)c(=O)c2=O)cc1. The van der Waals surface area contributed by atoms with Gasteiger partial charge < -0.3 is 5.32 Å². The van der Waals surface area contributed by atoms with Crippen LogP contribution in [0.3, 0.4) is 0 Å². The second-order valence-electron chi connectivity index (χ2n) is 6.94. The van der Waals surface area contributed by atoms with Crippen LogP contribution in [0.5, 0.6) is 0 Å². The molecular weight excluding hydrogens is 354 g/mol. The van der Waals surface area contributed by atoms with Crippen molar-refractivity contribution in [2.45, 2.75) is 33.9 Å². The third-order valence-electron chi connectivity index (χ3n) is 4.75. The Morgan fingerprint density at radius 1 is 0.893 bits per heavy atom. The lowest BCUT2D eigenvalue weighted by Crippen LogP contribution is -2.42. The summed E-state index contributed by atoms with van der Waals surface area (Å²) in [5, 5.41) is 2.77. The second kappa shape index (κ2) is 8.08. The highest BCUT2D eigenvalue weighted by Gasteiger charge is 2.10. The number of amides is 1. The first kappa shape index (κ1) is 19.4. The van der Waals surface area contributed by atoms with E-state index in [1.807, 2.05) is 57.2 Å². The minimum absolute atomic E-state index is 0.201. The van der Waals surface area contributed by atoms with Gasteiger partial charge in [-0.3, -0.25) is 23.5 Å². The average molecular weight is 377 g/mol. The fraction of sp³-hybridized carbons (Fsp3) is 0.227. The van der Waals surface area contributed by atoms with Crippen molar-refractivity contribution in [1.29, 1.82) is 0 Å². The molecule has 144 valence electrons. The van der Waals surface area contributed by atoms with Crippen LogP contribution in [-0.4, -0.2) is 15.0 Å². The molecule has 6 heteroatoms. The number of carbonyl (C=O) groups is 1. The highest BCUT2D eigenvalue weighted by molar-refractivity contribution is 5.75. The van der Waals surface area contributed by atoms with Crippen LogP contribution in [-0.2, 0) is 17.9 Å². The maximum absolute atomic E-state index is 12.5. The zero-order chi connectivity index (χ0) is 20.3. The fourth-order valence-electron chi connectivity index (χ4n) is 2.83. The van der Waals surface area contributed by atoms with Gasteiger partial charge in [0.2, 0.25) is 5.91 Å². The molecule has 0 spiro atoms. The van der Waals surface area contributed by atoms with E-state index in [-0.39, 0.29) is 12.5 Å². The number of rotatable bonds is 5. The fourth-order valence-corrected chi connectivity index (χ4v) is 2.83. The molecule has 2 aromatic carbocycles. The number of benzene rings is 2. The molecule has 0 aliphatic carbocycles. The Morgan fingerprint density at radius 2 is 1.61 bits per heavy atom. The van der Waals surface area contributed by atoms with E-state index in [4.69, 9.17) is 0 Å². The standard InChI is InChI=1S/C22H23N3O3/c1-15-4-7-18(8-5-15)13-23-20(26)14-24-10-11-25(22(28)21(24)27)19-9-6-16(2)17(3)12-19/h4-12H,13-14H2,1-3H3,(H,23,26). The molecule has 1 N–H and O–H groups in total. The maximum atomic E-state index is 12.5. The molecule has 28 heavy (non-hydrogen) atoms. The Bertz CT molecular complexity index is 1120. The van der Waals surface area contributed by atoms with Gasteiger partial charge in [-0.2, -0.15) is 0 Å². The number of nitrogens with zero attached hydrogens (tertiary/aromatic N) is 2. The minimum atomic E-state index is -0.730. The van der Waals surface area contributed by atoms with E-state index in [0.717, 1.165) is 26.8 Å². The molecular formula is C22H23N3O3. The first-order valence-electron chi connectivity index (χ1n) is 9.07. The van der Waals surface area contributed by atoms with Crippen LogP contribution in [0.15, 0.2) is 64.4 Å². The molecule has 3 aromatic rings. The van der Waals surface area contributed by atoms with Gasteiger partial charge in [-0.1, -0.05) is 35.9 Å². The van der Waals surface area contributed by atoms with Gasteiger partial charge >= 0.3 is 11.1 Å². The van der Waals surface area contributed by atoms with Crippen LogP contribution < -0.4 is 16.4 Å². The summed E-state index contributed by atoms with van der Waals surface area (Å²) in [7, 11) is 0. The Kier molecular flexibility index (Phi) is 5.59. The third kappa shape index (κ3) is 4.28. The predicted molar refractivity (Wildman–Crippen MR) is 109 cm³/mol. The van der Waals surface area contributed by atoms with E-state index in [1.165, 1.54) is 17.0 Å². The summed E-state index contributed by atoms with van der Waals surface area (Å²) in [5.74, 6) is -0.328. The lowest BCUT2D eigenvalue weighted by atomic mass is 10.1. The van der Waals surface area contributed by atoms with Crippen LogP contribution >= 0.6 is 0 Å². The van der Waals surface area contributed by atoms with Gasteiger partial charge in [0.15, 0.2) is 0 Å². The summed E-state index contributed by atoms with van der Waals surface area (Å²) < 4.78 is 2.43. The maximum Gasteiger partial charge on any atom is 0.320 e. The highest BCUT2D eigenvalue weighted by Crippen LogP contribution is 2.12. The Balaban J connectivity index is 1.74. The zero-order valence-corrected chi connectivity index (χ0v) is 16.2. The number of aryl methyl sites for hydroxylation is 3. The zero-order valence-electron chi connectivity index (χ0n) is 16.2. The van der Waals surface area contributed by atoms with Crippen molar-refractivity contribution in [2.75, 3.05) is 0 Å². The number of hydrogen-bond acceptors (Lipinski definition) is 3. The summed E-state index contributed by atoms with van der Waals surface area (Å²) >= 11 is 0. The largest absolute Gasteiger partial charge is 0.350 e. The number of hydrogen-bond donors (Lipinski definition) is 1. The van der Waals surface area contributed by atoms with Gasteiger partial charge in [0, 0.05) is 24.6 Å². The molecule has 0 bridgehead atoms. The molecule has 0 fully saturated rings. The lowest BCUT2D eigenvalue weighted by molar-refractivity contribution is -0.121. The van der Waals surface area contributed by atoms with E-state index in [2.05, 4.69) is 5.32 Å². The van der Waals surface area contributed by atoms with Gasteiger partial charge in [0.05, 0.1) is 0 Å². The van der Waals surface area contributed by atoms with Gasteiger partial charge in [-0.25, -0.2) is 0 Å². The normalized spacial score (nSPS) is 10.7. The van der Waals surface area contributed by atoms with Crippen LogP contribution in [0.25, 0.3) is 5.69 Å². The molecule has 1 heterocycles. The Hall–Kier alpha value is -3.41. The number of carbonyl (C=O) groups excluding carboxylic acids is 1. The lowest BCUT2D eigenvalue weighted by Gasteiger charge is -2.11. The van der Waals surface area contributed by atoms with Crippen LogP contribution in [0, 0.1) is 20.8 Å². The minimum Gasteiger partial charge on any atom is -0.350 e. The third-order valence-corrected chi connectivity index (χ3v) is 4.75. The van der Waals surface area contributed by atoms with E-state index in [0.29, 0.717) is 12.2 Å². The van der Waals surface area contributed by atoms with Crippen molar-refractivity contribution in [2.24, 2.45) is 0 Å². The van der Waals surface area contributed by atoms with Crippen LogP contribution in [0.1, 0.15) is 22.3 Å². The predicted octanol–water partition coefficient (Wildman–Crippen LogP) is 2.24. The Labute approximate surface area is 163 Å². The van der Waals surface area contributed by atoms with E-state index in [9.17, 15) is 14.4 Å². The van der Waals surface area contributed by atoms with Crippen molar-refractivity contribution in [3.8, 4) is 5.69 Å². The molecule has 0 unspecified atom stereocenters. The molecule has 0 saturated carbocycles. The van der Waals surface area contributed by atoms with E-state index < -0.39 is 11.1 Å². The Morgan fingerprint density at radius 3 is 2.29 bits per heavy atom. The summed E-state index contributed by atoms with van der Waals surface area (Å²) in [6.45, 7) is 6.09. The molecule has 1 amide bonds. The van der Waals surface area contributed by atoms with Gasteiger partial charge in [-0.05, 0) is 49.6 Å². The van der Waals surface area contributed by atoms with Crippen molar-refractivity contribution >= 4 is 5.91 Å². The van der Waals surface area contributed by atoms with Gasteiger partial charge in [0.25, 0.3) is 0 Å². The quantitative estimate of drug-likeness (QED) is 0.693. The van der Waals surface area contributed by atoms with Crippen molar-refractivity contribution in [3.63, 3.8) is 0 Å². The monoisotopic (exact) mass is 377 g/mol. The van der Waals surface area contributed by atoms with Crippen molar-refractivity contribution in [1.82, 2.24) is 14.5 Å². The van der Waals surface area contributed by atoms with Crippen molar-refractivity contribution in [3.05, 3.63) is 97.8 Å². The molecule has 3 rings (SSSR count). The van der Waals surface area contributed by atoms with Crippen molar-refractivity contribution < 1.29 is 4.79 Å². The highest BCUT2D eigenvalue weighted by atomic mass is 16.2. The van der Waals surface area contributed by atoms with Crippen LogP contribution in [0.4, 0.5) is 0 Å². The van der Waals surface area contributed by atoms with E-state index in [1.54, 1.807) is 6.07 Å².